The summed E-state index contributed by atoms with van der Waals surface area (Å²) in [5, 5.41) is 8.02. The molecule has 0 aliphatic rings. The third kappa shape index (κ3) is 1.65. The van der Waals surface area contributed by atoms with E-state index in [1.54, 1.807) is 6.33 Å². The van der Waals surface area contributed by atoms with Crippen molar-refractivity contribution in [1.82, 2.24) is 14.8 Å². The lowest BCUT2D eigenvalue weighted by molar-refractivity contribution is 0.376. The molecule has 0 unspecified atom stereocenters. The zero-order valence-corrected chi connectivity index (χ0v) is 8.50. The summed E-state index contributed by atoms with van der Waals surface area (Å²) >= 11 is 0. The van der Waals surface area contributed by atoms with Crippen LogP contribution in [0.2, 0.25) is 0 Å². The molecule has 0 bridgehead atoms. The molecule has 68 valence electrons. The largest absolute Gasteiger partial charge is 0.312 e. The van der Waals surface area contributed by atoms with E-state index in [1.165, 1.54) is 0 Å². The Balaban J connectivity index is 3.08. The van der Waals surface area contributed by atoms with Gasteiger partial charge in [-0.25, -0.2) is 0 Å². The van der Waals surface area contributed by atoms with Crippen LogP contribution in [0.3, 0.4) is 0 Å². The summed E-state index contributed by atoms with van der Waals surface area (Å²) in [5.41, 5.74) is 0.0864. The van der Waals surface area contributed by atoms with Crippen molar-refractivity contribution in [3.8, 4) is 0 Å². The summed E-state index contributed by atoms with van der Waals surface area (Å²) < 4.78 is 2.12. The van der Waals surface area contributed by atoms with E-state index >= 15 is 0 Å². The molecule has 1 heterocycles. The van der Waals surface area contributed by atoms with Gasteiger partial charge in [-0.15, -0.1) is 10.2 Å². The molecule has 0 saturated carbocycles. The van der Waals surface area contributed by atoms with Crippen molar-refractivity contribution >= 4 is 0 Å². The van der Waals surface area contributed by atoms with E-state index in [0.29, 0.717) is 5.92 Å². The van der Waals surface area contributed by atoms with Crippen molar-refractivity contribution in [2.75, 3.05) is 0 Å². The second-order valence-corrected chi connectivity index (χ2v) is 4.38. The fourth-order valence-corrected chi connectivity index (χ4v) is 1.15. The quantitative estimate of drug-likeness (QED) is 0.641. The Kier molecular flexibility index (Phi) is 2.22. The average molecular weight is 167 g/mol. The zero-order chi connectivity index (χ0) is 9.35. The second kappa shape index (κ2) is 2.88. The van der Waals surface area contributed by atoms with Crippen LogP contribution >= 0.6 is 0 Å². The molecule has 0 fully saturated rings. The molecule has 0 amide bonds. The van der Waals surface area contributed by atoms with Gasteiger partial charge in [0, 0.05) is 11.5 Å². The first-order valence-corrected chi connectivity index (χ1v) is 4.33. The molecule has 0 aliphatic carbocycles. The maximum atomic E-state index is 4.10. The lowest BCUT2D eigenvalue weighted by atomic mass is 10.1. The minimum absolute atomic E-state index is 0.0864. The van der Waals surface area contributed by atoms with Gasteiger partial charge in [-0.2, -0.15) is 0 Å². The second-order valence-electron chi connectivity index (χ2n) is 4.38. The molecule has 3 nitrogen and oxygen atoms in total. The van der Waals surface area contributed by atoms with Crippen LogP contribution in [0.5, 0.6) is 0 Å². The molecule has 1 rings (SSSR count). The van der Waals surface area contributed by atoms with Crippen LogP contribution < -0.4 is 0 Å². The van der Waals surface area contributed by atoms with Crippen molar-refractivity contribution < 1.29 is 0 Å². The summed E-state index contributed by atoms with van der Waals surface area (Å²) in [6.07, 6.45) is 1.80. The van der Waals surface area contributed by atoms with Gasteiger partial charge >= 0.3 is 0 Å². The normalized spacial score (nSPS) is 12.5. The molecule has 1 aromatic rings. The van der Waals surface area contributed by atoms with Crippen LogP contribution in [0.15, 0.2) is 6.33 Å². The topological polar surface area (TPSA) is 30.7 Å². The molecular weight excluding hydrogens is 150 g/mol. The Morgan fingerprint density at radius 3 is 2.25 bits per heavy atom. The van der Waals surface area contributed by atoms with Gasteiger partial charge in [0.05, 0.1) is 0 Å². The van der Waals surface area contributed by atoms with E-state index < -0.39 is 0 Å². The highest BCUT2D eigenvalue weighted by Gasteiger charge is 2.18. The van der Waals surface area contributed by atoms with Crippen molar-refractivity contribution in [1.29, 1.82) is 0 Å². The lowest BCUT2D eigenvalue weighted by Gasteiger charge is -2.23. The predicted octanol–water partition coefficient (Wildman–Crippen LogP) is 2.16. The highest BCUT2D eigenvalue weighted by atomic mass is 15.3. The maximum Gasteiger partial charge on any atom is 0.135 e. The van der Waals surface area contributed by atoms with Gasteiger partial charge in [-0.3, -0.25) is 0 Å². The third-order valence-corrected chi connectivity index (χ3v) is 1.81. The van der Waals surface area contributed by atoms with Gasteiger partial charge in [-0.1, -0.05) is 13.8 Å². The van der Waals surface area contributed by atoms with Crippen molar-refractivity contribution in [2.45, 2.75) is 46.1 Å². The van der Waals surface area contributed by atoms with Crippen LogP contribution in [0.4, 0.5) is 0 Å². The molecule has 0 spiro atoms. The van der Waals surface area contributed by atoms with E-state index in [2.05, 4.69) is 49.4 Å². The first-order chi connectivity index (χ1) is 5.43. The average Bonchev–Trinajstić information content (AvgIpc) is 2.30. The minimum Gasteiger partial charge on any atom is -0.312 e. The van der Waals surface area contributed by atoms with Gasteiger partial charge in [0.1, 0.15) is 12.2 Å². The molecule has 12 heavy (non-hydrogen) atoms. The molecule has 1 aromatic heterocycles. The molecule has 0 radical (unpaired) electrons. The summed E-state index contributed by atoms with van der Waals surface area (Å²) in [7, 11) is 0. The van der Waals surface area contributed by atoms with Gasteiger partial charge < -0.3 is 4.57 Å². The highest BCUT2D eigenvalue weighted by molar-refractivity contribution is 4.96. The summed E-state index contributed by atoms with van der Waals surface area (Å²) in [6, 6.07) is 0. The Labute approximate surface area is 73.8 Å². The Bertz CT molecular complexity index is 255. The molecule has 0 aromatic carbocycles. The van der Waals surface area contributed by atoms with E-state index in [1.807, 2.05) is 0 Å². The maximum absolute atomic E-state index is 4.10. The smallest absolute Gasteiger partial charge is 0.135 e. The van der Waals surface area contributed by atoms with Gasteiger partial charge in [0.2, 0.25) is 0 Å². The van der Waals surface area contributed by atoms with Crippen LogP contribution in [-0.4, -0.2) is 14.8 Å². The number of rotatable bonds is 1. The summed E-state index contributed by atoms with van der Waals surface area (Å²) in [6.45, 7) is 10.7. The van der Waals surface area contributed by atoms with Crippen LogP contribution in [0, 0.1) is 0 Å². The summed E-state index contributed by atoms with van der Waals surface area (Å²) in [5.74, 6) is 1.49. The molecule has 0 saturated heterocycles. The van der Waals surface area contributed by atoms with Crippen LogP contribution in [-0.2, 0) is 5.54 Å². The molecule has 0 atom stereocenters. The van der Waals surface area contributed by atoms with E-state index in [4.69, 9.17) is 0 Å². The minimum atomic E-state index is 0.0864. The molecule has 0 aliphatic heterocycles. The Morgan fingerprint density at radius 1 is 1.33 bits per heavy atom. The first kappa shape index (κ1) is 9.23. The zero-order valence-electron chi connectivity index (χ0n) is 8.50. The Morgan fingerprint density at radius 2 is 1.92 bits per heavy atom. The van der Waals surface area contributed by atoms with Gasteiger partial charge in [0.15, 0.2) is 0 Å². The SMILES string of the molecule is CC(C)c1nncn1C(C)(C)C. The lowest BCUT2D eigenvalue weighted by Crippen LogP contribution is -2.23. The van der Waals surface area contributed by atoms with E-state index in [9.17, 15) is 0 Å². The van der Waals surface area contributed by atoms with E-state index in [0.717, 1.165) is 5.82 Å². The molecule has 0 N–H and O–H groups in total. The highest BCUT2D eigenvalue weighted by Crippen LogP contribution is 2.19. The first-order valence-electron chi connectivity index (χ1n) is 4.33. The Hall–Kier alpha value is -0.860. The summed E-state index contributed by atoms with van der Waals surface area (Å²) in [4.78, 5) is 0. The number of hydrogen-bond acceptors (Lipinski definition) is 2. The van der Waals surface area contributed by atoms with Gasteiger partial charge in [0.25, 0.3) is 0 Å². The van der Waals surface area contributed by atoms with Gasteiger partial charge in [-0.05, 0) is 20.8 Å². The standard InChI is InChI=1S/C9H17N3/c1-7(2)8-11-10-6-12(8)9(3,4)5/h6-7H,1-5H3. The number of hydrogen-bond donors (Lipinski definition) is 0. The number of aromatic nitrogens is 3. The van der Waals surface area contributed by atoms with Crippen molar-refractivity contribution in [3.05, 3.63) is 12.2 Å². The molecular formula is C9H17N3. The fourth-order valence-electron chi connectivity index (χ4n) is 1.15. The monoisotopic (exact) mass is 167 g/mol. The fraction of sp³-hybridized carbons (Fsp3) is 0.778. The van der Waals surface area contributed by atoms with Crippen LogP contribution in [0.1, 0.15) is 46.4 Å². The van der Waals surface area contributed by atoms with E-state index in [-0.39, 0.29) is 5.54 Å². The molecule has 3 heteroatoms. The third-order valence-electron chi connectivity index (χ3n) is 1.81. The van der Waals surface area contributed by atoms with Crippen molar-refractivity contribution in [2.24, 2.45) is 0 Å². The number of nitrogens with zero attached hydrogens (tertiary/aromatic N) is 3. The predicted molar refractivity (Wildman–Crippen MR) is 49.1 cm³/mol. The van der Waals surface area contributed by atoms with Crippen LogP contribution in [0.25, 0.3) is 0 Å². The van der Waals surface area contributed by atoms with Crippen molar-refractivity contribution in [3.63, 3.8) is 0 Å².